The summed E-state index contributed by atoms with van der Waals surface area (Å²) >= 11 is 0. The van der Waals surface area contributed by atoms with E-state index in [1.165, 1.54) is 14.2 Å². The summed E-state index contributed by atoms with van der Waals surface area (Å²) < 4.78 is 15.4. The third-order valence-corrected chi connectivity index (χ3v) is 3.61. The fourth-order valence-electron chi connectivity index (χ4n) is 2.36. The lowest BCUT2D eigenvalue weighted by molar-refractivity contribution is 0.0526. The van der Waals surface area contributed by atoms with Crippen molar-refractivity contribution in [2.24, 2.45) is 0 Å². The number of benzene rings is 2. The smallest absolute Gasteiger partial charge is 0.338 e. The SMILES string of the molecule is CCOC(=O)c1cccc(NC(=O)c2cc(OC)c(OC)cc2C)c1. The van der Waals surface area contributed by atoms with Crippen molar-refractivity contribution >= 4 is 17.6 Å². The van der Waals surface area contributed by atoms with Crippen molar-refractivity contribution in [3.8, 4) is 11.5 Å². The third kappa shape index (κ3) is 4.29. The predicted octanol–water partition coefficient (Wildman–Crippen LogP) is 3.44. The Balaban J connectivity index is 2.25. The van der Waals surface area contributed by atoms with Crippen LogP contribution in [0.2, 0.25) is 0 Å². The van der Waals surface area contributed by atoms with Gasteiger partial charge in [0.1, 0.15) is 0 Å². The number of methoxy groups -OCH3 is 2. The second-order valence-electron chi connectivity index (χ2n) is 5.28. The van der Waals surface area contributed by atoms with E-state index >= 15 is 0 Å². The lowest BCUT2D eigenvalue weighted by Gasteiger charge is -2.13. The van der Waals surface area contributed by atoms with E-state index < -0.39 is 5.97 Å². The molecule has 2 aromatic rings. The molecule has 6 nitrogen and oxygen atoms in total. The number of rotatable bonds is 6. The zero-order valence-electron chi connectivity index (χ0n) is 14.7. The van der Waals surface area contributed by atoms with Crippen LogP contribution < -0.4 is 14.8 Å². The topological polar surface area (TPSA) is 73.9 Å². The molecule has 0 spiro atoms. The molecule has 0 fully saturated rings. The van der Waals surface area contributed by atoms with E-state index in [1.54, 1.807) is 43.3 Å². The van der Waals surface area contributed by atoms with Gasteiger partial charge in [-0.3, -0.25) is 4.79 Å². The second kappa shape index (κ2) is 8.19. The van der Waals surface area contributed by atoms with E-state index in [9.17, 15) is 9.59 Å². The molecule has 0 aromatic heterocycles. The summed E-state index contributed by atoms with van der Waals surface area (Å²) in [5.41, 5.74) is 2.09. The molecule has 1 amide bonds. The second-order valence-corrected chi connectivity index (χ2v) is 5.28. The van der Waals surface area contributed by atoms with Crippen LogP contribution in [0.5, 0.6) is 11.5 Å². The Hall–Kier alpha value is -3.02. The fourth-order valence-corrected chi connectivity index (χ4v) is 2.36. The maximum absolute atomic E-state index is 12.6. The van der Waals surface area contributed by atoms with Gasteiger partial charge < -0.3 is 19.5 Å². The van der Waals surface area contributed by atoms with Crippen LogP contribution >= 0.6 is 0 Å². The molecule has 0 aliphatic heterocycles. The minimum Gasteiger partial charge on any atom is -0.493 e. The first-order valence-electron chi connectivity index (χ1n) is 7.81. The monoisotopic (exact) mass is 343 g/mol. The Morgan fingerprint density at radius 3 is 2.36 bits per heavy atom. The molecule has 0 aliphatic rings. The van der Waals surface area contributed by atoms with Gasteiger partial charge >= 0.3 is 5.97 Å². The molecule has 0 bridgehead atoms. The van der Waals surface area contributed by atoms with Crippen LogP contribution in [-0.2, 0) is 4.74 Å². The number of amides is 1. The lowest BCUT2D eigenvalue weighted by Crippen LogP contribution is -2.14. The zero-order chi connectivity index (χ0) is 18.4. The van der Waals surface area contributed by atoms with Gasteiger partial charge in [-0.25, -0.2) is 4.79 Å². The number of esters is 1. The minimum absolute atomic E-state index is 0.292. The molecule has 2 rings (SSSR count). The van der Waals surface area contributed by atoms with Crippen molar-refractivity contribution in [1.82, 2.24) is 0 Å². The van der Waals surface area contributed by atoms with E-state index in [4.69, 9.17) is 14.2 Å². The van der Waals surface area contributed by atoms with Crippen LogP contribution in [0.4, 0.5) is 5.69 Å². The first-order valence-corrected chi connectivity index (χ1v) is 7.81. The number of ether oxygens (including phenoxy) is 3. The maximum Gasteiger partial charge on any atom is 0.338 e. The Kier molecular flexibility index (Phi) is 6.00. The Bertz CT molecular complexity index is 785. The highest BCUT2D eigenvalue weighted by Gasteiger charge is 2.15. The van der Waals surface area contributed by atoms with E-state index in [0.29, 0.717) is 34.9 Å². The minimum atomic E-state index is -0.430. The number of carbonyl (C=O) groups is 2. The van der Waals surface area contributed by atoms with Crippen LogP contribution in [-0.4, -0.2) is 32.7 Å². The first-order chi connectivity index (χ1) is 12.0. The molecule has 0 saturated carbocycles. The Morgan fingerprint density at radius 1 is 1.04 bits per heavy atom. The average molecular weight is 343 g/mol. The Morgan fingerprint density at radius 2 is 1.72 bits per heavy atom. The molecule has 0 heterocycles. The van der Waals surface area contributed by atoms with Crippen molar-refractivity contribution in [1.29, 1.82) is 0 Å². The zero-order valence-corrected chi connectivity index (χ0v) is 14.7. The maximum atomic E-state index is 12.6. The van der Waals surface area contributed by atoms with Gasteiger partial charge in [-0.15, -0.1) is 0 Å². The van der Waals surface area contributed by atoms with Crippen molar-refractivity contribution < 1.29 is 23.8 Å². The van der Waals surface area contributed by atoms with Crippen LogP contribution in [0.25, 0.3) is 0 Å². The number of nitrogens with one attached hydrogen (secondary N) is 1. The standard InChI is InChI=1S/C19H21NO5/c1-5-25-19(22)13-7-6-8-14(10-13)20-18(21)15-11-17(24-4)16(23-3)9-12(15)2/h6-11H,5H2,1-4H3,(H,20,21). The van der Waals surface area contributed by atoms with E-state index in [-0.39, 0.29) is 5.91 Å². The van der Waals surface area contributed by atoms with Crippen molar-refractivity contribution in [2.45, 2.75) is 13.8 Å². The van der Waals surface area contributed by atoms with Crippen molar-refractivity contribution in [3.63, 3.8) is 0 Å². The highest BCUT2D eigenvalue weighted by molar-refractivity contribution is 6.06. The molecule has 132 valence electrons. The van der Waals surface area contributed by atoms with Crippen LogP contribution in [0.15, 0.2) is 36.4 Å². The molecule has 6 heteroatoms. The normalized spacial score (nSPS) is 10.1. The molecule has 0 radical (unpaired) electrons. The molecular weight excluding hydrogens is 322 g/mol. The largest absolute Gasteiger partial charge is 0.493 e. The lowest BCUT2D eigenvalue weighted by atomic mass is 10.1. The van der Waals surface area contributed by atoms with Gasteiger partial charge in [0, 0.05) is 11.3 Å². The van der Waals surface area contributed by atoms with Crippen molar-refractivity contribution in [2.75, 3.05) is 26.1 Å². The summed E-state index contributed by atoms with van der Waals surface area (Å²) in [6, 6.07) is 9.96. The van der Waals surface area contributed by atoms with E-state index in [0.717, 1.165) is 5.56 Å². The molecule has 1 N–H and O–H groups in total. The highest BCUT2D eigenvalue weighted by Crippen LogP contribution is 2.30. The Labute approximate surface area is 146 Å². The van der Waals surface area contributed by atoms with Gasteiger partial charge in [0.15, 0.2) is 11.5 Å². The van der Waals surface area contributed by atoms with Crippen LogP contribution in [0.3, 0.4) is 0 Å². The highest BCUT2D eigenvalue weighted by atomic mass is 16.5. The molecule has 0 aliphatic carbocycles. The van der Waals surface area contributed by atoms with Crippen LogP contribution in [0.1, 0.15) is 33.2 Å². The molecule has 0 saturated heterocycles. The van der Waals surface area contributed by atoms with Gasteiger partial charge in [-0.05, 0) is 49.7 Å². The van der Waals surface area contributed by atoms with E-state index in [1.807, 2.05) is 6.92 Å². The number of hydrogen-bond acceptors (Lipinski definition) is 5. The summed E-state index contributed by atoms with van der Waals surface area (Å²) in [5.74, 6) is 0.291. The van der Waals surface area contributed by atoms with Crippen molar-refractivity contribution in [3.05, 3.63) is 53.1 Å². The van der Waals surface area contributed by atoms with Gasteiger partial charge in [0.2, 0.25) is 0 Å². The quantitative estimate of drug-likeness (QED) is 0.813. The number of carbonyl (C=O) groups excluding carboxylic acids is 2. The number of hydrogen-bond donors (Lipinski definition) is 1. The summed E-state index contributed by atoms with van der Waals surface area (Å²) in [7, 11) is 3.05. The summed E-state index contributed by atoms with van der Waals surface area (Å²) in [6.07, 6.45) is 0. The fraction of sp³-hybridized carbons (Fsp3) is 0.263. The summed E-state index contributed by atoms with van der Waals surface area (Å²) in [6.45, 7) is 3.84. The van der Waals surface area contributed by atoms with Gasteiger partial charge in [-0.2, -0.15) is 0 Å². The number of aryl methyl sites for hydroxylation is 1. The molecular formula is C19H21NO5. The summed E-state index contributed by atoms with van der Waals surface area (Å²) in [5, 5.41) is 2.78. The van der Waals surface area contributed by atoms with Gasteiger partial charge in [-0.1, -0.05) is 6.07 Å². The molecule has 2 aromatic carbocycles. The van der Waals surface area contributed by atoms with Gasteiger partial charge in [0.05, 0.1) is 26.4 Å². The molecule has 0 atom stereocenters. The first kappa shape index (κ1) is 18.3. The van der Waals surface area contributed by atoms with E-state index in [2.05, 4.69) is 5.32 Å². The molecule has 25 heavy (non-hydrogen) atoms. The third-order valence-electron chi connectivity index (χ3n) is 3.61. The summed E-state index contributed by atoms with van der Waals surface area (Å²) in [4.78, 5) is 24.4. The average Bonchev–Trinajstić information content (AvgIpc) is 2.61. The molecule has 0 unspecified atom stereocenters. The van der Waals surface area contributed by atoms with Gasteiger partial charge in [0.25, 0.3) is 5.91 Å². The predicted molar refractivity (Wildman–Crippen MR) is 94.6 cm³/mol. The number of anilines is 1. The van der Waals surface area contributed by atoms with Crippen LogP contribution in [0, 0.1) is 6.92 Å².